The normalized spacial score (nSPS) is 15.8. The van der Waals surface area contributed by atoms with Gasteiger partial charge >= 0.3 is 0 Å². The Morgan fingerprint density at radius 2 is 1.94 bits per heavy atom. The Labute approximate surface area is 194 Å². The average molecular weight is 455 g/mol. The summed E-state index contributed by atoms with van der Waals surface area (Å²) in [6, 6.07) is 15.9. The van der Waals surface area contributed by atoms with Crippen LogP contribution in [0.1, 0.15) is 29.4 Å². The number of β-amino-alcohol motifs (C(OH)–C–C–N with tert-alkyl or cyclic N) is 1. The second-order valence-electron chi connectivity index (χ2n) is 8.36. The van der Waals surface area contributed by atoms with Crippen LogP contribution in [-0.2, 0) is 6.42 Å². The number of nitrogens with zero attached hydrogens (tertiary/aromatic N) is 2. The van der Waals surface area contributed by atoms with E-state index in [1.807, 2.05) is 30.3 Å². The van der Waals surface area contributed by atoms with E-state index in [1.165, 1.54) is 5.56 Å². The molecule has 3 N–H and O–H groups in total. The SMILES string of the molecule is CCc1cccc(N2CCN(C[C@H](O)CCNC(=O)c3cc4ccccc4[nH]3)CC2)c1Cl. The van der Waals surface area contributed by atoms with Crippen LogP contribution >= 0.6 is 11.6 Å². The number of halogens is 1. The number of aromatic nitrogens is 1. The van der Waals surface area contributed by atoms with Gasteiger partial charge in [-0.05, 0) is 36.6 Å². The van der Waals surface area contributed by atoms with Crippen molar-refractivity contribution in [2.75, 3.05) is 44.2 Å². The molecular formula is C25H31ClN4O2. The highest BCUT2D eigenvalue weighted by molar-refractivity contribution is 6.34. The zero-order chi connectivity index (χ0) is 22.5. The number of carbonyl (C=O) groups is 1. The molecule has 0 aliphatic carbocycles. The molecule has 0 radical (unpaired) electrons. The van der Waals surface area contributed by atoms with Crippen LogP contribution in [0.25, 0.3) is 10.9 Å². The van der Waals surface area contributed by atoms with Gasteiger partial charge in [0.25, 0.3) is 5.91 Å². The number of nitrogens with one attached hydrogen (secondary N) is 2. The van der Waals surface area contributed by atoms with Crippen molar-refractivity contribution in [1.82, 2.24) is 15.2 Å². The Kier molecular flexibility index (Phi) is 7.35. The first-order chi connectivity index (χ1) is 15.5. The number of aryl methyl sites for hydroxylation is 1. The Hall–Kier alpha value is -2.54. The van der Waals surface area contributed by atoms with Crippen LogP contribution in [0.5, 0.6) is 0 Å². The van der Waals surface area contributed by atoms with Crippen LogP contribution in [0.3, 0.4) is 0 Å². The van der Waals surface area contributed by atoms with Crippen molar-refractivity contribution < 1.29 is 9.90 Å². The van der Waals surface area contributed by atoms with Crippen LogP contribution in [0.15, 0.2) is 48.5 Å². The van der Waals surface area contributed by atoms with Gasteiger partial charge in [-0.15, -0.1) is 0 Å². The molecule has 1 atom stereocenters. The van der Waals surface area contributed by atoms with Crippen LogP contribution in [0.4, 0.5) is 5.69 Å². The van der Waals surface area contributed by atoms with Gasteiger partial charge in [0.1, 0.15) is 5.69 Å². The first-order valence-corrected chi connectivity index (χ1v) is 11.7. The summed E-state index contributed by atoms with van der Waals surface area (Å²) < 4.78 is 0. The Bertz CT molecular complexity index is 1030. The molecule has 32 heavy (non-hydrogen) atoms. The number of aliphatic hydroxyl groups is 1. The zero-order valence-electron chi connectivity index (χ0n) is 18.5. The number of aliphatic hydroxyl groups excluding tert-OH is 1. The van der Waals surface area contributed by atoms with Crippen molar-refractivity contribution in [2.45, 2.75) is 25.9 Å². The molecule has 2 heterocycles. The second kappa shape index (κ2) is 10.4. The summed E-state index contributed by atoms with van der Waals surface area (Å²) in [6.07, 6.45) is 0.975. The van der Waals surface area contributed by atoms with Crippen molar-refractivity contribution in [2.24, 2.45) is 0 Å². The second-order valence-corrected chi connectivity index (χ2v) is 8.74. The third-order valence-electron chi connectivity index (χ3n) is 6.16. The van der Waals surface area contributed by atoms with Gasteiger partial charge in [0.05, 0.1) is 16.8 Å². The largest absolute Gasteiger partial charge is 0.392 e. The van der Waals surface area contributed by atoms with E-state index in [-0.39, 0.29) is 5.91 Å². The van der Waals surface area contributed by atoms with Crippen LogP contribution in [0, 0.1) is 0 Å². The number of amides is 1. The predicted molar refractivity (Wildman–Crippen MR) is 131 cm³/mol. The maximum absolute atomic E-state index is 12.4. The summed E-state index contributed by atoms with van der Waals surface area (Å²) in [7, 11) is 0. The monoisotopic (exact) mass is 454 g/mol. The van der Waals surface area contributed by atoms with Crippen molar-refractivity contribution in [3.63, 3.8) is 0 Å². The lowest BCUT2D eigenvalue weighted by Crippen LogP contribution is -2.49. The summed E-state index contributed by atoms with van der Waals surface area (Å²) in [5, 5.41) is 15.2. The number of hydrogen-bond acceptors (Lipinski definition) is 4. The third-order valence-corrected chi connectivity index (χ3v) is 6.60. The van der Waals surface area contributed by atoms with E-state index in [9.17, 15) is 9.90 Å². The van der Waals surface area contributed by atoms with Crippen molar-refractivity contribution >= 4 is 34.1 Å². The fraction of sp³-hybridized carbons (Fsp3) is 0.400. The molecule has 1 aliphatic rings. The molecule has 170 valence electrons. The molecule has 3 aromatic rings. The number of carbonyl (C=O) groups excluding carboxylic acids is 1. The molecule has 7 heteroatoms. The van der Waals surface area contributed by atoms with Gasteiger partial charge in [0.2, 0.25) is 0 Å². The van der Waals surface area contributed by atoms with E-state index in [0.717, 1.165) is 54.2 Å². The van der Waals surface area contributed by atoms with Gasteiger partial charge in [0.15, 0.2) is 0 Å². The van der Waals surface area contributed by atoms with Crippen LogP contribution < -0.4 is 10.2 Å². The molecule has 0 saturated carbocycles. The highest BCUT2D eigenvalue weighted by Crippen LogP contribution is 2.30. The summed E-state index contributed by atoms with van der Waals surface area (Å²) in [4.78, 5) is 20.1. The Balaban J connectivity index is 1.20. The number of para-hydroxylation sites is 1. The summed E-state index contributed by atoms with van der Waals surface area (Å²) >= 11 is 6.58. The molecule has 6 nitrogen and oxygen atoms in total. The lowest BCUT2D eigenvalue weighted by molar-refractivity contribution is 0.0899. The van der Waals surface area contributed by atoms with Crippen LogP contribution in [-0.4, -0.2) is 66.3 Å². The number of benzene rings is 2. The molecule has 1 amide bonds. The number of aromatic amines is 1. The maximum atomic E-state index is 12.4. The van der Waals surface area contributed by atoms with Crippen LogP contribution in [0.2, 0.25) is 5.02 Å². The highest BCUT2D eigenvalue weighted by Gasteiger charge is 2.21. The molecule has 1 fully saturated rings. The number of hydrogen-bond donors (Lipinski definition) is 3. The molecule has 0 unspecified atom stereocenters. The van der Waals surface area contributed by atoms with E-state index in [0.29, 0.717) is 25.2 Å². The number of piperazine rings is 1. The smallest absolute Gasteiger partial charge is 0.267 e. The third kappa shape index (κ3) is 5.26. The molecule has 2 aromatic carbocycles. The van der Waals surface area contributed by atoms with Gasteiger partial charge in [-0.1, -0.05) is 48.9 Å². The first kappa shape index (κ1) is 22.6. The maximum Gasteiger partial charge on any atom is 0.267 e. The van der Waals surface area contributed by atoms with E-state index in [1.54, 1.807) is 0 Å². The molecule has 1 aliphatic heterocycles. The number of rotatable bonds is 8. The molecule has 1 aromatic heterocycles. The minimum absolute atomic E-state index is 0.145. The Morgan fingerprint density at radius 3 is 2.69 bits per heavy atom. The van der Waals surface area contributed by atoms with Gasteiger partial charge in [0, 0.05) is 50.2 Å². The summed E-state index contributed by atoms with van der Waals surface area (Å²) in [5.74, 6) is -0.145. The van der Waals surface area contributed by atoms with Gasteiger partial charge in [-0.25, -0.2) is 0 Å². The number of fused-ring (bicyclic) bond motifs is 1. The predicted octanol–water partition coefficient (Wildman–Crippen LogP) is 3.69. The van der Waals surface area contributed by atoms with Gasteiger partial charge in [-0.2, -0.15) is 0 Å². The quantitative estimate of drug-likeness (QED) is 0.485. The van der Waals surface area contributed by atoms with Crippen molar-refractivity contribution in [1.29, 1.82) is 0 Å². The minimum Gasteiger partial charge on any atom is -0.392 e. The fourth-order valence-electron chi connectivity index (χ4n) is 4.29. The fourth-order valence-corrected chi connectivity index (χ4v) is 4.67. The topological polar surface area (TPSA) is 71.6 Å². The molecular weight excluding hydrogens is 424 g/mol. The molecule has 1 saturated heterocycles. The van der Waals surface area contributed by atoms with Crippen molar-refractivity contribution in [3.05, 3.63) is 64.8 Å². The molecule has 4 rings (SSSR count). The van der Waals surface area contributed by atoms with E-state index < -0.39 is 6.10 Å². The first-order valence-electron chi connectivity index (χ1n) is 11.3. The van der Waals surface area contributed by atoms with Crippen molar-refractivity contribution in [3.8, 4) is 0 Å². The zero-order valence-corrected chi connectivity index (χ0v) is 19.2. The van der Waals surface area contributed by atoms with E-state index >= 15 is 0 Å². The highest BCUT2D eigenvalue weighted by atomic mass is 35.5. The lowest BCUT2D eigenvalue weighted by atomic mass is 10.1. The summed E-state index contributed by atoms with van der Waals surface area (Å²) in [6.45, 7) is 6.70. The Morgan fingerprint density at radius 1 is 1.16 bits per heavy atom. The molecule has 0 bridgehead atoms. The lowest BCUT2D eigenvalue weighted by Gasteiger charge is -2.37. The average Bonchev–Trinajstić information content (AvgIpc) is 3.24. The minimum atomic E-state index is -0.475. The molecule has 0 spiro atoms. The summed E-state index contributed by atoms with van der Waals surface area (Å²) in [5.41, 5.74) is 3.77. The van der Waals surface area contributed by atoms with Gasteiger partial charge < -0.3 is 20.3 Å². The van der Waals surface area contributed by atoms with Gasteiger partial charge in [-0.3, -0.25) is 9.69 Å². The van der Waals surface area contributed by atoms with E-state index in [2.05, 4.69) is 45.2 Å². The number of H-pyrrole nitrogens is 1. The number of anilines is 1. The van der Waals surface area contributed by atoms with E-state index in [4.69, 9.17) is 11.6 Å². The standard InChI is InChI=1S/C25H31ClN4O2/c1-2-18-7-5-9-23(24(18)26)30-14-12-29(13-15-30)17-20(31)10-11-27-25(32)22-16-19-6-3-4-8-21(19)28-22/h3-9,16,20,28,31H,2,10-15,17H2,1H3,(H,27,32)/t20-/m1/s1.